The molecule has 1 heterocycles. The molecule has 4 heteroatoms. The first-order chi connectivity index (χ1) is 9.92. The van der Waals surface area contributed by atoms with Crippen LogP contribution < -0.4 is 0 Å². The van der Waals surface area contributed by atoms with E-state index in [0.717, 1.165) is 32.4 Å². The van der Waals surface area contributed by atoms with Crippen molar-refractivity contribution in [3.05, 3.63) is 0 Å². The molecule has 0 aromatic heterocycles. The molecule has 1 spiro atoms. The number of carbonyl (C=O) groups excluding carboxylic acids is 1. The zero-order valence-electron chi connectivity index (χ0n) is 15.3. The second kappa shape index (κ2) is 5.54. The predicted molar refractivity (Wildman–Crippen MR) is 90.4 cm³/mol. The van der Waals surface area contributed by atoms with Crippen LogP contribution in [0.2, 0.25) is 0 Å². The summed E-state index contributed by atoms with van der Waals surface area (Å²) in [6.45, 7) is 16.2. The predicted octanol–water partition coefficient (Wildman–Crippen LogP) is 4.28. The third kappa shape index (κ3) is 3.82. The van der Waals surface area contributed by atoms with Crippen LogP contribution in [0.4, 0.5) is 4.79 Å². The van der Waals surface area contributed by atoms with Gasteiger partial charge < -0.3 is 9.64 Å². The maximum atomic E-state index is 12.3. The van der Waals surface area contributed by atoms with Crippen molar-refractivity contribution in [1.29, 1.82) is 0 Å². The maximum absolute atomic E-state index is 12.3. The molecule has 4 nitrogen and oxygen atoms in total. The van der Waals surface area contributed by atoms with Gasteiger partial charge in [0.15, 0.2) is 0 Å². The van der Waals surface area contributed by atoms with Crippen LogP contribution in [0.25, 0.3) is 0 Å². The van der Waals surface area contributed by atoms with E-state index in [1.807, 2.05) is 25.7 Å². The highest BCUT2D eigenvalue weighted by atomic mass is 16.6. The fourth-order valence-electron chi connectivity index (χ4n) is 3.93. The molecule has 0 bridgehead atoms. The summed E-state index contributed by atoms with van der Waals surface area (Å²) in [5, 5.41) is 0. The Morgan fingerprint density at radius 3 is 2.50 bits per heavy atom. The van der Waals surface area contributed by atoms with Crippen LogP contribution in [0.5, 0.6) is 0 Å². The summed E-state index contributed by atoms with van der Waals surface area (Å²) >= 11 is 0. The number of hydrogen-bond acceptors (Lipinski definition) is 3. The van der Waals surface area contributed by atoms with Crippen LogP contribution in [-0.4, -0.2) is 41.4 Å². The number of amides is 1. The van der Waals surface area contributed by atoms with Gasteiger partial charge in [-0.15, -0.1) is 0 Å². The van der Waals surface area contributed by atoms with Crippen molar-refractivity contribution in [2.75, 3.05) is 13.1 Å². The van der Waals surface area contributed by atoms with E-state index in [2.05, 4.69) is 27.7 Å². The highest BCUT2D eigenvalue weighted by molar-refractivity contribution is 5.92. The molecule has 0 aromatic rings. The molecule has 2 rings (SSSR count). The third-order valence-electron chi connectivity index (χ3n) is 4.64. The summed E-state index contributed by atoms with van der Waals surface area (Å²) in [6, 6.07) is 0.341. The lowest BCUT2D eigenvalue weighted by Gasteiger charge is -2.27. The summed E-state index contributed by atoms with van der Waals surface area (Å²) < 4.78 is 5.52. The van der Waals surface area contributed by atoms with Crippen molar-refractivity contribution in [1.82, 2.24) is 4.90 Å². The minimum absolute atomic E-state index is 0.147. The number of nitrogens with zero attached hydrogens (tertiary/aromatic N) is 2. The van der Waals surface area contributed by atoms with Gasteiger partial charge in [0.25, 0.3) is 0 Å². The van der Waals surface area contributed by atoms with Gasteiger partial charge in [-0.2, -0.15) is 0 Å². The number of ether oxygens (including phenoxy) is 1. The minimum atomic E-state index is -0.425. The van der Waals surface area contributed by atoms with E-state index in [4.69, 9.17) is 9.73 Å². The first-order valence-corrected chi connectivity index (χ1v) is 8.48. The van der Waals surface area contributed by atoms with Crippen molar-refractivity contribution in [3.63, 3.8) is 0 Å². The Morgan fingerprint density at radius 2 is 1.95 bits per heavy atom. The van der Waals surface area contributed by atoms with Gasteiger partial charge in [0.2, 0.25) is 0 Å². The first kappa shape index (κ1) is 17.3. The van der Waals surface area contributed by atoms with Crippen molar-refractivity contribution >= 4 is 11.8 Å². The minimum Gasteiger partial charge on any atom is -0.444 e. The number of carbonyl (C=O) groups is 1. The molecule has 126 valence electrons. The highest BCUT2D eigenvalue weighted by Gasteiger charge is 2.51. The molecule has 2 fully saturated rings. The van der Waals surface area contributed by atoms with E-state index < -0.39 is 5.60 Å². The van der Waals surface area contributed by atoms with Gasteiger partial charge in [-0.3, -0.25) is 4.99 Å². The first-order valence-electron chi connectivity index (χ1n) is 8.48. The molecule has 1 saturated heterocycles. The van der Waals surface area contributed by atoms with E-state index in [1.54, 1.807) is 0 Å². The Morgan fingerprint density at radius 1 is 1.32 bits per heavy atom. The summed E-state index contributed by atoms with van der Waals surface area (Å²) in [5.41, 5.74) is 1.25. The van der Waals surface area contributed by atoms with Crippen molar-refractivity contribution in [2.45, 2.75) is 79.4 Å². The number of likely N-dealkylation sites (tertiary alicyclic amines) is 1. The monoisotopic (exact) mass is 308 g/mol. The number of rotatable bonds is 1. The molecule has 0 radical (unpaired) electrons. The summed E-state index contributed by atoms with van der Waals surface area (Å²) in [7, 11) is 0. The molecular weight excluding hydrogens is 276 g/mol. The lowest BCUT2D eigenvalue weighted by atomic mass is 9.81. The Bertz CT molecular complexity index is 474. The summed E-state index contributed by atoms with van der Waals surface area (Å²) in [5.74, 6) is 0. The van der Waals surface area contributed by atoms with E-state index in [1.165, 1.54) is 5.71 Å². The van der Waals surface area contributed by atoms with Gasteiger partial charge in [0.05, 0.1) is 0 Å². The van der Waals surface area contributed by atoms with Gasteiger partial charge in [-0.1, -0.05) is 13.8 Å². The Labute approximate surface area is 135 Å². The summed E-state index contributed by atoms with van der Waals surface area (Å²) in [6.07, 6.45) is 3.03. The molecule has 1 aliphatic heterocycles. The average molecular weight is 308 g/mol. The van der Waals surface area contributed by atoms with Gasteiger partial charge in [0.1, 0.15) is 5.60 Å². The topological polar surface area (TPSA) is 41.9 Å². The second-order valence-electron chi connectivity index (χ2n) is 9.06. The molecule has 22 heavy (non-hydrogen) atoms. The molecule has 0 aromatic carbocycles. The lowest BCUT2D eigenvalue weighted by molar-refractivity contribution is 0.0271. The van der Waals surface area contributed by atoms with Crippen molar-refractivity contribution < 1.29 is 9.53 Å². The largest absolute Gasteiger partial charge is 0.444 e. The van der Waals surface area contributed by atoms with Crippen LogP contribution >= 0.6 is 0 Å². The van der Waals surface area contributed by atoms with E-state index in [0.29, 0.717) is 6.04 Å². The Hall–Kier alpha value is -1.06. The zero-order valence-corrected chi connectivity index (χ0v) is 15.3. The molecule has 1 saturated carbocycles. The van der Waals surface area contributed by atoms with Crippen LogP contribution in [0.3, 0.4) is 0 Å². The Balaban J connectivity index is 2.08. The van der Waals surface area contributed by atoms with Crippen molar-refractivity contribution in [3.8, 4) is 0 Å². The molecule has 1 atom stereocenters. The smallest absolute Gasteiger partial charge is 0.410 e. The molecule has 2 aliphatic rings. The quantitative estimate of drug-likeness (QED) is 0.725. The summed E-state index contributed by atoms with van der Waals surface area (Å²) in [4.78, 5) is 19.0. The number of hydrogen-bond donors (Lipinski definition) is 0. The van der Waals surface area contributed by atoms with E-state index >= 15 is 0 Å². The molecular formula is C18H32N2O2. The van der Waals surface area contributed by atoms with Gasteiger partial charge >= 0.3 is 6.09 Å². The molecule has 1 unspecified atom stereocenters. The van der Waals surface area contributed by atoms with Gasteiger partial charge in [-0.25, -0.2) is 4.79 Å². The SMILES string of the molecule is CC(C)N=C1CC2(CCN(C(=O)OC(C)(C)C)C2)CC1(C)C. The molecule has 1 aliphatic carbocycles. The van der Waals surface area contributed by atoms with Crippen LogP contribution in [0, 0.1) is 10.8 Å². The highest BCUT2D eigenvalue weighted by Crippen LogP contribution is 2.52. The van der Waals surface area contributed by atoms with E-state index in [9.17, 15) is 4.79 Å². The normalized spacial score (nSPS) is 29.8. The third-order valence-corrected chi connectivity index (χ3v) is 4.64. The fourth-order valence-corrected chi connectivity index (χ4v) is 3.93. The second-order valence-corrected chi connectivity index (χ2v) is 9.06. The Kier molecular flexibility index (Phi) is 4.35. The number of aliphatic imine (C=N–C) groups is 1. The van der Waals surface area contributed by atoms with E-state index in [-0.39, 0.29) is 16.9 Å². The van der Waals surface area contributed by atoms with Crippen molar-refractivity contribution in [2.24, 2.45) is 15.8 Å². The zero-order chi connectivity index (χ0) is 16.8. The van der Waals surface area contributed by atoms with Crippen LogP contribution in [0.15, 0.2) is 4.99 Å². The fraction of sp³-hybridized carbons (Fsp3) is 0.889. The standard InChI is InChI=1S/C18H32N2O2/c1-13(2)19-14-10-18(11-17(14,6)7)8-9-20(12-18)15(21)22-16(3,4)5/h13H,8-12H2,1-7H3. The average Bonchev–Trinajstić information content (AvgIpc) is 2.78. The maximum Gasteiger partial charge on any atom is 0.410 e. The molecule has 1 amide bonds. The molecule has 0 N–H and O–H groups in total. The van der Waals surface area contributed by atoms with Gasteiger partial charge in [-0.05, 0) is 59.3 Å². The van der Waals surface area contributed by atoms with Gasteiger partial charge in [0, 0.05) is 30.3 Å². The lowest BCUT2D eigenvalue weighted by Crippen LogP contribution is -2.36. The van der Waals surface area contributed by atoms with Crippen LogP contribution in [0.1, 0.15) is 67.7 Å². The van der Waals surface area contributed by atoms with Crippen LogP contribution in [-0.2, 0) is 4.74 Å².